The van der Waals surface area contributed by atoms with E-state index in [1.807, 2.05) is 0 Å². The molecule has 98 valence electrons. The highest BCUT2D eigenvalue weighted by Gasteiger charge is 2.06. The van der Waals surface area contributed by atoms with Crippen molar-refractivity contribution in [3.63, 3.8) is 0 Å². The Bertz CT molecular complexity index is 569. The number of hydrogen-bond acceptors (Lipinski definition) is 3. The molecule has 2 aromatic carbocycles. The molecule has 0 bridgehead atoms. The average Bonchev–Trinajstić information content (AvgIpc) is 2.41. The maximum atomic E-state index is 12.7. The summed E-state index contributed by atoms with van der Waals surface area (Å²) in [6.45, 7) is 0. The van der Waals surface area contributed by atoms with Crippen molar-refractivity contribution < 1.29 is 18.7 Å². The molecule has 0 aromatic heterocycles. The molecule has 0 spiro atoms. The Labute approximate surface area is 109 Å². The minimum Gasteiger partial charge on any atom is -0.497 e. The quantitative estimate of drug-likeness (QED) is 0.920. The topological polar surface area (TPSA) is 47.6 Å². The minimum atomic E-state index is -0.653. The fourth-order valence-corrected chi connectivity index (χ4v) is 1.45. The number of rotatable bonds is 3. The third-order valence-corrected chi connectivity index (χ3v) is 2.34. The average molecular weight is 261 g/mol. The summed E-state index contributed by atoms with van der Waals surface area (Å²) in [5.74, 6) is 0.581. The van der Waals surface area contributed by atoms with Crippen LogP contribution in [0.25, 0.3) is 0 Å². The van der Waals surface area contributed by atoms with Gasteiger partial charge in [-0.3, -0.25) is 5.32 Å². The van der Waals surface area contributed by atoms with Crippen LogP contribution in [0.2, 0.25) is 0 Å². The van der Waals surface area contributed by atoms with E-state index >= 15 is 0 Å². The third-order valence-electron chi connectivity index (χ3n) is 2.34. The number of ether oxygens (including phenoxy) is 2. The van der Waals surface area contributed by atoms with Gasteiger partial charge in [-0.15, -0.1) is 0 Å². The second-order valence-electron chi connectivity index (χ2n) is 3.70. The Morgan fingerprint density at radius 2 is 1.79 bits per heavy atom. The molecule has 0 saturated carbocycles. The van der Waals surface area contributed by atoms with Crippen molar-refractivity contribution in [2.24, 2.45) is 0 Å². The van der Waals surface area contributed by atoms with E-state index in [1.54, 1.807) is 24.3 Å². The van der Waals surface area contributed by atoms with Gasteiger partial charge in [-0.2, -0.15) is 0 Å². The molecular formula is C14H12FNO3. The highest BCUT2D eigenvalue weighted by molar-refractivity contribution is 5.86. The summed E-state index contributed by atoms with van der Waals surface area (Å²) in [4.78, 5) is 11.6. The van der Waals surface area contributed by atoms with Crippen LogP contribution in [0.1, 0.15) is 0 Å². The monoisotopic (exact) mass is 261 g/mol. The lowest BCUT2D eigenvalue weighted by atomic mass is 10.3. The van der Waals surface area contributed by atoms with Gasteiger partial charge in [0.2, 0.25) is 0 Å². The zero-order valence-electron chi connectivity index (χ0n) is 10.2. The number of anilines is 1. The zero-order chi connectivity index (χ0) is 13.7. The molecule has 0 aliphatic heterocycles. The summed E-state index contributed by atoms with van der Waals surface area (Å²) in [6.07, 6.45) is -0.653. The van der Waals surface area contributed by atoms with Gasteiger partial charge in [0.1, 0.15) is 17.3 Å². The normalized spacial score (nSPS) is 9.79. The minimum absolute atomic E-state index is 0.360. The van der Waals surface area contributed by atoms with Crippen LogP contribution < -0.4 is 14.8 Å². The molecule has 1 amide bonds. The van der Waals surface area contributed by atoms with E-state index < -0.39 is 6.09 Å². The van der Waals surface area contributed by atoms with E-state index in [4.69, 9.17) is 9.47 Å². The molecule has 2 aromatic rings. The summed E-state index contributed by atoms with van der Waals surface area (Å²) in [7, 11) is 1.53. The van der Waals surface area contributed by atoms with Crippen molar-refractivity contribution in [2.45, 2.75) is 0 Å². The molecule has 0 radical (unpaired) electrons. The lowest BCUT2D eigenvalue weighted by Gasteiger charge is -2.07. The molecular weight excluding hydrogens is 249 g/mol. The van der Waals surface area contributed by atoms with E-state index in [9.17, 15) is 9.18 Å². The molecule has 0 atom stereocenters. The molecule has 19 heavy (non-hydrogen) atoms. The smallest absolute Gasteiger partial charge is 0.417 e. The van der Waals surface area contributed by atoms with Gasteiger partial charge >= 0.3 is 6.09 Å². The van der Waals surface area contributed by atoms with Crippen LogP contribution >= 0.6 is 0 Å². The van der Waals surface area contributed by atoms with Crippen LogP contribution in [-0.2, 0) is 0 Å². The summed E-state index contributed by atoms with van der Waals surface area (Å²) in [6, 6.07) is 12.1. The van der Waals surface area contributed by atoms with E-state index in [2.05, 4.69) is 5.32 Å². The Morgan fingerprint density at radius 3 is 2.47 bits per heavy atom. The van der Waals surface area contributed by atoms with Gasteiger partial charge in [0.25, 0.3) is 0 Å². The lowest BCUT2D eigenvalue weighted by Crippen LogP contribution is -2.16. The van der Waals surface area contributed by atoms with Crippen LogP contribution in [0.4, 0.5) is 14.9 Å². The first-order valence-electron chi connectivity index (χ1n) is 5.56. The van der Waals surface area contributed by atoms with Crippen molar-refractivity contribution in [1.29, 1.82) is 0 Å². The summed E-state index contributed by atoms with van der Waals surface area (Å²) in [5, 5.41) is 2.49. The molecule has 0 fully saturated rings. The number of amides is 1. The maximum Gasteiger partial charge on any atom is 0.417 e. The van der Waals surface area contributed by atoms with Crippen LogP contribution in [0.3, 0.4) is 0 Å². The Hall–Kier alpha value is -2.56. The first kappa shape index (κ1) is 12.9. The summed E-state index contributed by atoms with van der Waals surface area (Å²) in [5.41, 5.74) is 0.453. The number of benzene rings is 2. The molecule has 0 heterocycles. The third kappa shape index (κ3) is 3.70. The molecule has 1 N–H and O–H groups in total. The predicted octanol–water partition coefficient (Wildman–Crippen LogP) is 3.45. The highest BCUT2D eigenvalue weighted by atomic mass is 19.1. The van der Waals surface area contributed by atoms with Gasteiger partial charge in [-0.25, -0.2) is 9.18 Å². The van der Waals surface area contributed by atoms with Crippen molar-refractivity contribution >= 4 is 11.8 Å². The van der Waals surface area contributed by atoms with Gasteiger partial charge in [-0.05, 0) is 36.4 Å². The van der Waals surface area contributed by atoms with Crippen LogP contribution in [0.5, 0.6) is 11.5 Å². The summed E-state index contributed by atoms with van der Waals surface area (Å²) >= 11 is 0. The number of carbonyl (C=O) groups excluding carboxylic acids is 1. The first-order valence-corrected chi connectivity index (χ1v) is 5.56. The van der Waals surface area contributed by atoms with Gasteiger partial charge in [-0.1, -0.05) is 6.07 Å². The standard InChI is InChI=1S/C14H12FNO3/c1-18-12-3-2-4-13(9-12)19-14(17)16-11-7-5-10(15)6-8-11/h2-9H,1H3,(H,16,17). The second kappa shape index (κ2) is 5.86. The number of methoxy groups -OCH3 is 1. The highest BCUT2D eigenvalue weighted by Crippen LogP contribution is 2.19. The Kier molecular flexibility index (Phi) is 3.97. The fourth-order valence-electron chi connectivity index (χ4n) is 1.45. The SMILES string of the molecule is COc1cccc(OC(=O)Nc2ccc(F)cc2)c1. The molecule has 0 aliphatic carbocycles. The van der Waals surface area contributed by atoms with Crippen LogP contribution in [0, 0.1) is 5.82 Å². The Morgan fingerprint density at radius 1 is 1.11 bits per heavy atom. The fraction of sp³-hybridized carbons (Fsp3) is 0.0714. The largest absolute Gasteiger partial charge is 0.497 e. The lowest BCUT2D eigenvalue weighted by molar-refractivity contribution is 0.215. The molecule has 2 rings (SSSR count). The van der Waals surface area contributed by atoms with Crippen molar-refractivity contribution in [3.8, 4) is 11.5 Å². The maximum absolute atomic E-state index is 12.7. The number of nitrogens with one attached hydrogen (secondary N) is 1. The van der Waals surface area contributed by atoms with E-state index in [0.717, 1.165) is 0 Å². The van der Waals surface area contributed by atoms with Crippen molar-refractivity contribution in [2.75, 3.05) is 12.4 Å². The van der Waals surface area contributed by atoms with Crippen LogP contribution in [-0.4, -0.2) is 13.2 Å². The molecule has 5 heteroatoms. The van der Waals surface area contributed by atoms with E-state index in [0.29, 0.717) is 17.2 Å². The number of halogens is 1. The number of carbonyl (C=O) groups is 1. The first-order chi connectivity index (χ1) is 9.17. The zero-order valence-corrected chi connectivity index (χ0v) is 10.2. The van der Waals surface area contributed by atoms with Gasteiger partial charge in [0.15, 0.2) is 0 Å². The van der Waals surface area contributed by atoms with Gasteiger partial charge < -0.3 is 9.47 Å². The van der Waals surface area contributed by atoms with Crippen molar-refractivity contribution in [1.82, 2.24) is 0 Å². The van der Waals surface area contributed by atoms with Crippen molar-refractivity contribution in [3.05, 3.63) is 54.3 Å². The van der Waals surface area contributed by atoms with E-state index in [1.165, 1.54) is 31.4 Å². The van der Waals surface area contributed by atoms with E-state index in [-0.39, 0.29) is 5.82 Å². The molecule has 4 nitrogen and oxygen atoms in total. The number of hydrogen-bond donors (Lipinski definition) is 1. The van der Waals surface area contributed by atoms with Gasteiger partial charge in [0, 0.05) is 11.8 Å². The second-order valence-corrected chi connectivity index (χ2v) is 3.70. The Balaban J connectivity index is 1.99. The molecule has 0 saturated heterocycles. The molecule has 0 unspecified atom stereocenters. The summed E-state index contributed by atoms with van der Waals surface area (Å²) < 4.78 is 22.8. The predicted molar refractivity (Wildman–Crippen MR) is 69.0 cm³/mol. The van der Waals surface area contributed by atoms with Crippen LogP contribution in [0.15, 0.2) is 48.5 Å². The molecule has 0 aliphatic rings. The van der Waals surface area contributed by atoms with Gasteiger partial charge in [0.05, 0.1) is 7.11 Å².